The number of hydrogen-bond acceptors (Lipinski definition) is 4. The van der Waals surface area contributed by atoms with Crippen molar-refractivity contribution in [1.29, 1.82) is 0 Å². The highest BCUT2D eigenvalue weighted by molar-refractivity contribution is 7.91. The highest BCUT2D eigenvalue weighted by atomic mass is 32.2. The molecule has 116 valence electrons. The Hall–Kier alpha value is -1.40. The Morgan fingerprint density at radius 2 is 2.10 bits per heavy atom. The minimum absolute atomic E-state index is 0.0653. The molecule has 1 aromatic carbocycles. The molecule has 0 spiro atoms. The van der Waals surface area contributed by atoms with Gasteiger partial charge in [-0.2, -0.15) is 0 Å². The van der Waals surface area contributed by atoms with Crippen molar-refractivity contribution in [3.8, 4) is 0 Å². The van der Waals surface area contributed by atoms with E-state index in [2.05, 4.69) is 6.07 Å². The standard InChI is InChI=1S/C15H21NO4S/c1-11-3-4-12(2)13(7-11)9-16-5-6-21(19,20)10-14(16)8-15(17)18/h3-4,7,14H,5-6,8-10H2,1-2H3,(H,17,18). The molecule has 0 bridgehead atoms. The van der Waals surface area contributed by atoms with Gasteiger partial charge in [-0.1, -0.05) is 23.8 Å². The monoisotopic (exact) mass is 311 g/mol. The van der Waals surface area contributed by atoms with Crippen LogP contribution >= 0.6 is 0 Å². The number of nitrogens with zero attached hydrogens (tertiary/aromatic N) is 1. The molecule has 0 amide bonds. The van der Waals surface area contributed by atoms with Gasteiger partial charge in [0.2, 0.25) is 0 Å². The molecule has 1 N–H and O–H groups in total. The third kappa shape index (κ3) is 4.28. The van der Waals surface area contributed by atoms with Crippen molar-refractivity contribution in [2.45, 2.75) is 32.9 Å². The molecule has 1 atom stereocenters. The Kier molecular flexibility index (Phi) is 4.68. The van der Waals surface area contributed by atoms with Crippen LogP contribution in [0.1, 0.15) is 23.1 Å². The van der Waals surface area contributed by atoms with Crippen molar-refractivity contribution >= 4 is 15.8 Å². The zero-order chi connectivity index (χ0) is 15.6. The third-order valence-electron chi connectivity index (χ3n) is 3.94. The van der Waals surface area contributed by atoms with Gasteiger partial charge >= 0.3 is 5.97 Å². The molecule has 6 heteroatoms. The normalized spacial score (nSPS) is 22.1. The summed E-state index contributed by atoms with van der Waals surface area (Å²) in [5.74, 6) is -0.916. The van der Waals surface area contributed by atoms with E-state index in [9.17, 15) is 13.2 Å². The largest absolute Gasteiger partial charge is 0.481 e. The van der Waals surface area contributed by atoms with Crippen LogP contribution in [0.25, 0.3) is 0 Å². The van der Waals surface area contributed by atoms with Crippen molar-refractivity contribution in [2.24, 2.45) is 0 Å². The highest BCUT2D eigenvalue weighted by Gasteiger charge is 2.32. The van der Waals surface area contributed by atoms with Crippen LogP contribution in [-0.2, 0) is 21.2 Å². The van der Waals surface area contributed by atoms with Gasteiger partial charge in [-0.25, -0.2) is 8.42 Å². The molecular formula is C15H21NO4S. The van der Waals surface area contributed by atoms with Crippen molar-refractivity contribution in [3.05, 3.63) is 34.9 Å². The summed E-state index contributed by atoms with van der Waals surface area (Å²) in [5, 5.41) is 9.00. The first-order valence-electron chi connectivity index (χ1n) is 6.99. The lowest BCUT2D eigenvalue weighted by Gasteiger charge is -2.35. The fourth-order valence-electron chi connectivity index (χ4n) is 2.71. The maximum absolute atomic E-state index is 11.7. The average Bonchev–Trinajstić information content (AvgIpc) is 2.35. The summed E-state index contributed by atoms with van der Waals surface area (Å²) in [6, 6.07) is 5.71. The lowest BCUT2D eigenvalue weighted by molar-refractivity contribution is -0.138. The number of hydrogen-bond donors (Lipinski definition) is 1. The van der Waals surface area contributed by atoms with Crippen molar-refractivity contribution in [1.82, 2.24) is 4.90 Å². The van der Waals surface area contributed by atoms with E-state index in [0.29, 0.717) is 13.1 Å². The molecule has 1 saturated heterocycles. The Morgan fingerprint density at radius 3 is 2.76 bits per heavy atom. The molecular weight excluding hydrogens is 290 g/mol. The predicted molar refractivity (Wildman–Crippen MR) is 81.0 cm³/mol. The van der Waals surface area contributed by atoms with E-state index in [1.807, 2.05) is 30.9 Å². The number of rotatable bonds is 4. The molecule has 0 radical (unpaired) electrons. The quantitative estimate of drug-likeness (QED) is 0.909. The number of carbonyl (C=O) groups is 1. The average molecular weight is 311 g/mol. The van der Waals surface area contributed by atoms with Crippen LogP contribution in [0.15, 0.2) is 18.2 Å². The summed E-state index contributed by atoms with van der Waals surface area (Å²) < 4.78 is 23.5. The molecule has 1 aliphatic rings. The zero-order valence-corrected chi connectivity index (χ0v) is 13.2. The first kappa shape index (κ1) is 16.0. The van der Waals surface area contributed by atoms with Crippen molar-refractivity contribution in [2.75, 3.05) is 18.1 Å². The highest BCUT2D eigenvalue weighted by Crippen LogP contribution is 2.20. The lowest BCUT2D eigenvalue weighted by atomic mass is 10.0. The second-order valence-corrected chi connectivity index (χ2v) is 8.00. The van der Waals surface area contributed by atoms with Crippen LogP contribution in [0, 0.1) is 13.8 Å². The molecule has 1 fully saturated rings. The second kappa shape index (κ2) is 6.15. The Bertz CT molecular complexity index is 639. The Balaban J connectivity index is 2.20. The van der Waals surface area contributed by atoms with Gasteiger partial charge in [-0.05, 0) is 25.0 Å². The van der Waals surface area contributed by atoms with Crippen molar-refractivity contribution in [3.63, 3.8) is 0 Å². The summed E-state index contributed by atoms with van der Waals surface area (Å²) in [7, 11) is -3.13. The van der Waals surface area contributed by atoms with Crippen LogP contribution in [0.4, 0.5) is 0 Å². The molecule has 0 aromatic heterocycles. The van der Waals surface area contributed by atoms with Gasteiger partial charge in [-0.15, -0.1) is 0 Å². The molecule has 21 heavy (non-hydrogen) atoms. The lowest BCUT2D eigenvalue weighted by Crippen LogP contribution is -2.48. The maximum atomic E-state index is 11.7. The topological polar surface area (TPSA) is 74.7 Å². The SMILES string of the molecule is Cc1ccc(C)c(CN2CCS(=O)(=O)CC2CC(=O)O)c1. The number of sulfone groups is 1. The fraction of sp³-hybridized carbons (Fsp3) is 0.533. The number of aliphatic carboxylic acids is 1. The van der Waals surface area contributed by atoms with Gasteiger partial charge < -0.3 is 5.11 Å². The van der Waals surface area contributed by atoms with E-state index in [0.717, 1.165) is 16.7 Å². The molecule has 5 nitrogen and oxygen atoms in total. The number of carboxylic acids is 1. The molecule has 2 rings (SSSR count). The fourth-order valence-corrected chi connectivity index (χ4v) is 4.30. The van der Waals surface area contributed by atoms with Gasteiger partial charge in [0.15, 0.2) is 9.84 Å². The predicted octanol–water partition coefficient (Wildman–Crippen LogP) is 1.38. The number of carboxylic acid groups (broad SMARTS) is 1. The first-order chi connectivity index (χ1) is 9.77. The van der Waals surface area contributed by atoms with Crippen LogP contribution in [0.5, 0.6) is 0 Å². The van der Waals surface area contributed by atoms with E-state index >= 15 is 0 Å². The zero-order valence-electron chi connectivity index (χ0n) is 12.4. The van der Waals surface area contributed by atoms with E-state index in [4.69, 9.17) is 5.11 Å². The molecule has 0 saturated carbocycles. The Morgan fingerprint density at radius 1 is 1.38 bits per heavy atom. The van der Waals surface area contributed by atoms with Gasteiger partial charge in [0.1, 0.15) is 0 Å². The number of aryl methyl sites for hydroxylation is 2. The van der Waals surface area contributed by atoms with E-state index in [1.54, 1.807) is 0 Å². The van der Waals surface area contributed by atoms with Crippen LogP contribution in [-0.4, -0.2) is 48.5 Å². The van der Waals surface area contributed by atoms with Crippen LogP contribution in [0.3, 0.4) is 0 Å². The van der Waals surface area contributed by atoms with Gasteiger partial charge in [0.05, 0.1) is 17.9 Å². The molecule has 1 unspecified atom stereocenters. The van der Waals surface area contributed by atoms with E-state index in [-0.39, 0.29) is 17.9 Å². The molecule has 1 heterocycles. The maximum Gasteiger partial charge on any atom is 0.304 e. The van der Waals surface area contributed by atoms with Crippen molar-refractivity contribution < 1.29 is 18.3 Å². The molecule has 1 aliphatic heterocycles. The van der Waals surface area contributed by atoms with Crippen LogP contribution in [0.2, 0.25) is 0 Å². The summed E-state index contributed by atoms with van der Waals surface area (Å²) >= 11 is 0. The van der Waals surface area contributed by atoms with E-state index < -0.39 is 21.8 Å². The minimum atomic E-state index is -3.13. The molecule has 1 aromatic rings. The third-order valence-corrected chi connectivity index (χ3v) is 5.64. The molecule has 0 aliphatic carbocycles. The minimum Gasteiger partial charge on any atom is -0.481 e. The van der Waals surface area contributed by atoms with Crippen LogP contribution < -0.4 is 0 Å². The smallest absolute Gasteiger partial charge is 0.304 e. The first-order valence-corrected chi connectivity index (χ1v) is 8.81. The summed E-state index contributed by atoms with van der Waals surface area (Å²) in [5.41, 5.74) is 3.42. The Labute approximate surface area is 125 Å². The van der Waals surface area contributed by atoms with E-state index in [1.165, 1.54) is 0 Å². The van der Waals surface area contributed by atoms with Gasteiger partial charge in [0.25, 0.3) is 0 Å². The van der Waals surface area contributed by atoms with Gasteiger partial charge in [0, 0.05) is 19.1 Å². The van der Waals surface area contributed by atoms with Gasteiger partial charge in [-0.3, -0.25) is 9.69 Å². The summed E-state index contributed by atoms with van der Waals surface area (Å²) in [6.45, 7) is 5.02. The summed E-state index contributed by atoms with van der Waals surface area (Å²) in [4.78, 5) is 13.0. The number of benzene rings is 1. The second-order valence-electron chi connectivity index (χ2n) is 5.77. The summed E-state index contributed by atoms with van der Waals surface area (Å²) in [6.07, 6.45) is -0.135.